The Balaban J connectivity index is 1.77. The van der Waals surface area contributed by atoms with Crippen molar-refractivity contribution in [2.45, 2.75) is 37.9 Å². The number of nitrogens with one attached hydrogen (secondary N) is 1. The molecular formula is C17H18FN3O5. The first kappa shape index (κ1) is 18.2. The SMILES string of the molecule is C[C@H]1O[C@@H](n2cc(F)c(NC(=O)Cc3ccccc3)nc2=O)C(O)C1O. The first-order chi connectivity index (χ1) is 12.4. The number of ether oxygens (including phenoxy) is 1. The van der Waals surface area contributed by atoms with Gasteiger partial charge in [-0.3, -0.25) is 9.36 Å². The largest absolute Gasteiger partial charge is 0.388 e. The van der Waals surface area contributed by atoms with Gasteiger partial charge in [-0.25, -0.2) is 9.18 Å². The lowest BCUT2D eigenvalue weighted by Crippen LogP contribution is -2.36. The molecule has 1 aliphatic heterocycles. The highest BCUT2D eigenvalue weighted by Gasteiger charge is 2.42. The summed E-state index contributed by atoms with van der Waals surface area (Å²) in [4.78, 5) is 27.7. The number of amides is 1. The third-order valence-corrected chi connectivity index (χ3v) is 4.12. The monoisotopic (exact) mass is 363 g/mol. The average molecular weight is 363 g/mol. The summed E-state index contributed by atoms with van der Waals surface area (Å²) in [7, 11) is 0. The molecule has 0 spiro atoms. The van der Waals surface area contributed by atoms with Gasteiger partial charge in [-0.2, -0.15) is 4.98 Å². The summed E-state index contributed by atoms with van der Waals surface area (Å²) in [5.74, 6) is -2.00. The quantitative estimate of drug-likeness (QED) is 0.715. The standard InChI is InChI=1S/C17H18FN3O5/c1-9-13(23)14(24)16(26-9)21-8-11(18)15(20-17(21)25)19-12(22)7-10-5-3-2-4-6-10/h2-6,8-9,13-14,16,23-24H,7H2,1H3,(H,19,20,22,25)/t9-,13?,14?,16-/m1/s1. The van der Waals surface area contributed by atoms with E-state index in [4.69, 9.17) is 4.74 Å². The van der Waals surface area contributed by atoms with E-state index in [1.165, 1.54) is 6.92 Å². The van der Waals surface area contributed by atoms with E-state index in [1.807, 2.05) is 0 Å². The smallest absolute Gasteiger partial charge is 0.351 e. The van der Waals surface area contributed by atoms with Crippen LogP contribution in [0.2, 0.25) is 0 Å². The Kier molecular flexibility index (Phi) is 5.12. The number of aromatic nitrogens is 2. The van der Waals surface area contributed by atoms with Gasteiger partial charge < -0.3 is 20.3 Å². The molecule has 8 nitrogen and oxygen atoms in total. The van der Waals surface area contributed by atoms with Crippen LogP contribution in [0.5, 0.6) is 0 Å². The van der Waals surface area contributed by atoms with E-state index in [1.54, 1.807) is 30.3 Å². The van der Waals surface area contributed by atoms with Crippen molar-refractivity contribution >= 4 is 11.7 Å². The Bertz CT molecular complexity index is 857. The van der Waals surface area contributed by atoms with Gasteiger partial charge in [0.25, 0.3) is 0 Å². The van der Waals surface area contributed by atoms with Crippen LogP contribution in [0.15, 0.2) is 41.3 Å². The number of halogens is 1. The number of hydrogen-bond acceptors (Lipinski definition) is 6. The molecule has 138 valence electrons. The lowest BCUT2D eigenvalue weighted by Gasteiger charge is -2.17. The summed E-state index contributed by atoms with van der Waals surface area (Å²) in [5, 5.41) is 21.9. The van der Waals surface area contributed by atoms with Crippen molar-refractivity contribution in [3.8, 4) is 0 Å². The van der Waals surface area contributed by atoms with E-state index in [0.29, 0.717) is 0 Å². The number of carbonyl (C=O) groups excluding carboxylic acids is 1. The third-order valence-electron chi connectivity index (χ3n) is 4.12. The van der Waals surface area contributed by atoms with Gasteiger partial charge in [0.2, 0.25) is 5.91 Å². The minimum atomic E-state index is -1.40. The van der Waals surface area contributed by atoms with E-state index in [-0.39, 0.29) is 6.42 Å². The molecule has 1 aliphatic rings. The summed E-state index contributed by atoms with van der Waals surface area (Å²) < 4.78 is 20.3. The first-order valence-electron chi connectivity index (χ1n) is 8.01. The molecule has 2 heterocycles. The molecule has 0 saturated carbocycles. The zero-order valence-electron chi connectivity index (χ0n) is 13.9. The second kappa shape index (κ2) is 7.32. The first-order valence-corrected chi connectivity index (χ1v) is 8.01. The molecule has 9 heteroatoms. The normalized spacial score (nSPS) is 25.2. The number of nitrogens with zero attached hydrogens (tertiary/aromatic N) is 2. The molecule has 3 rings (SSSR count). The Hall–Kier alpha value is -2.62. The molecule has 2 unspecified atom stereocenters. The van der Waals surface area contributed by atoms with Gasteiger partial charge >= 0.3 is 5.69 Å². The maximum atomic E-state index is 14.3. The Morgan fingerprint density at radius 3 is 2.62 bits per heavy atom. The predicted octanol–water partition coefficient (Wildman–Crippen LogP) is 0.203. The molecule has 1 aromatic carbocycles. The van der Waals surface area contributed by atoms with E-state index in [2.05, 4.69) is 10.3 Å². The Morgan fingerprint density at radius 2 is 2.00 bits per heavy atom. The van der Waals surface area contributed by atoms with E-state index in [9.17, 15) is 24.2 Å². The highest BCUT2D eigenvalue weighted by atomic mass is 19.1. The number of aliphatic hydroxyl groups excluding tert-OH is 2. The summed E-state index contributed by atoms with van der Waals surface area (Å²) in [6.07, 6.45) is -3.81. The zero-order valence-corrected chi connectivity index (χ0v) is 13.9. The highest BCUT2D eigenvalue weighted by molar-refractivity contribution is 5.91. The summed E-state index contributed by atoms with van der Waals surface area (Å²) in [6.45, 7) is 1.51. The molecule has 1 aromatic heterocycles. The number of anilines is 1. The minimum Gasteiger partial charge on any atom is -0.388 e. The van der Waals surface area contributed by atoms with Gasteiger partial charge in [-0.15, -0.1) is 0 Å². The maximum Gasteiger partial charge on any atom is 0.351 e. The number of aliphatic hydroxyl groups is 2. The zero-order chi connectivity index (χ0) is 18.8. The minimum absolute atomic E-state index is 0.000792. The van der Waals surface area contributed by atoms with Crippen molar-refractivity contribution in [1.29, 1.82) is 0 Å². The summed E-state index contributed by atoms with van der Waals surface area (Å²) >= 11 is 0. The van der Waals surface area contributed by atoms with Crippen LogP contribution in [-0.2, 0) is 16.0 Å². The van der Waals surface area contributed by atoms with Gasteiger partial charge in [0.15, 0.2) is 17.9 Å². The van der Waals surface area contributed by atoms with Crippen molar-refractivity contribution < 1.29 is 24.1 Å². The molecule has 0 radical (unpaired) electrons. The van der Waals surface area contributed by atoms with Crippen LogP contribution in [0.4, 0.5) is 10.2 Å². The molecule has 0 bridgehead atoms. The van der Waals surface area contributed by atoms with Crippen LogP contribution in [0, 0.1) is 5.82 Å². The van der Waals surface area contributed by atoms with Gasteiger partial charge in [-0.1, -0.05) is 30.3 Å². The van der Waals surface area contributed by atoms with Gasteiger partial charge in [0, 0.05) is 0 Å². The van der Waals surface area contributed by atoms with E-state index in [0.717, 1.165) is 16.3 Å². The second-order valence-electron chi connectivity index (χ2n) is 6.05. The summed E-state index contributed by atoms with van der Waals surface area (Å²) in [6, 6.07) is 8.83. The third kappa shape index (κ3) is 3.64. The fourth-order valence-electron chi connectivity index (χ4n) is 2.73. The number of hydrogen-bond donors (Lipinski definition) is 3. The fraction of sp³-hybridized carbons (Fsp3) is 0.353. The molecule has 3 N–H and O–H groups in total. The predicted molar refractivity (Wildman–Crippen MR) is 88.8 cm³/mol. The molecule has 4 atom stereocenters. The van der Waals surface area contributed by atoms with Crippen LogP contribution in [0.1, 0.15) is 18.7 Å². The van der Waals surface area contributed by atoms with Crippen LogP contribution in [-0.4, -0.2) is 44.0 Å². The molecular weight excluding hydrogens is 345 g/mol. The average Bonchev–Trinajstić information content (AvgIpc) is 2.86. The Labute approximate surface area is 147 Å². The number of rotatable bonds is 4. The molecule has 1 fully saturated rings. The van der Waals surface area contributed by atoms with Crippen molar-refractivity contribution in [1.82, 2.24) is 9.55 Å². The van der Waals surface area contributed by atoms with Crippen LogP contribution in [0.3, 0.4) is 0 Å². The molecule has 0 aliphatic carbocycles. The lowest BCUT2D eigenvalue weighted by molar-refractivity contribution is -0.115. The van der Waals surface area contributed by atoms with Gasteiger partial charge in [0.05, 0.1) is 18.7 Å². The summed E-state index contributed by atoms with van der Waals surface area (Å²) in [5.41, 5.74) is -0.198. The molecule has 2 aromatic rings. The van der Waals surface area contributed by atoms with Crippen LogP contribution in [0.25, 0.3) is 0 Å². The van der Waals surface area contributed by atoms with Crippen LogP contribution >= 0.6 is 0 Å². The molecule has 26 heavy (non-hydrogen) atoms. The van der Waals surface area contributed by atoms with E-state index >= 15 is 0 Å². The second-order valence-corrected chi connectivity index (χ2v) is 6.05. The van der Waals surface area contributed by atoms with Crippen LogP contribution < -0.4 is 11.0 Å². The maximum absolute atomic E-state index is 14.3. The molecule has 1 amide bonds. The fourth-order valence-corrected chi connectivity index (χ4v) is 2.73. The van der Waals surface area contributed by atoms with Gasteiger partial charge in [-0.05, 0) is 12.5 Å². The van der Waals surface area contributed by atoms with E-state index < -0.39 is 47.8 Å². The van der Waals surface area contributed by atoms with Crippen molar-refractivity contribution in [2.75, 3.05) is 5.32 Å². The Morgan fingerprint density at radius 1 is 1.31 bits per heavy atom. The highest BCUT2D eigenvalue weighted by Crippen LogP contribution is 2.28. The lowest BCUT2D eigenvalue weighted by atomic mass is 10.1. The topological polar surface area (TPSA) is 114 Å². The number of benzene rings is 1. The van der Waals surface area contributed by atoms with Crippen molar-refractivity contribution in [2.24, 2.45) is 0 Å². The van der Waals surface area contributed by atoms with Crippen molar-refractivity contribution in [3.63, 3.8) is 0 Å². The van der Waals surface area contributed by atoms with Crippen molar-refractivity contribution in [3.05, 3.63) is 58.4 Å². The van der Waals surface area contributed by atoms with Gasteiger partial charge in [0.1, 0.15) is 12.2 Å². The molecule has 1 saturated heterocycles. The number of carbonyl (C=O) groups is 1.